The number of anilines is 1. The highest BCUT2D eigenvalue weighted by atomic mass is 19.1. The summed E-state index contributed by atoms with van der Waals surface area (Å²) in [6, 6.07) is 12.7. The third-order valence-electron chi connectivity index (χ3n) is 3.37. The second-order valence-corrected chi connectivity index (χ2v) is 4.87. The first-order valence-electron chi connectivity index (χ1n) is 6.70. The molecule has 1 N–H and O–H groups in total. The van der Waals surface area contributed by atoms with Crippen molar-refractivity contribution in [3.05, 3.63) is 72.0 Å². The van der Waals surface area contributed by atoms with E-state index in [1.165, 1.54) is 12.5 Å². The van der Waals surface area contributed by atoms with Crippen LogP contribution in [0.2, 0.25) is 0 Å². The standard InChI is InChI=1S/C17H15FN2O/c1-12-5-6-15(18)7-14(12)9-20-16-4-2-3-13(8-16)17-10-19-11-21-17/h2-8,10-11,20H,9H2,1H3. The number of benzene rings is 2. The van der Waals surface area contributed by atoms with E-state index >= 15 is 0 Å². The molecule has 21 heavy (non-hydrogen) atoms. The number of aromatic nitrogens is 1. The molecule has 0 aliphatic heterocycles. The summed E-state index contributed by atoms with van der Waals surface area (Å²) in [6.07, 6.45) is 3.08. The van der Waals surface area contributed by atoms with Gasteiger partial charge in [0.2, 0.25) is 0 Å². The molecule has 3 rings (SSSR count). The Morgan fingerprint density at radius 1 is 1.19 bits per heavy atom. The lowest BCUT2D eigenvalue weighted by Gasteiger charge is -2.10. The van der Waals surface area contributed by atoms with E-state index < -0.39 is 0 Å². The zero-order chi connectivity index (χ0) is 14.7. The van der Waals surface area contributed by atoms with Gasteiger partial charge in [0, 0.05) is 17.8 Å². The van der Waals surface area contributed by atoms with E-state index in [2.05, 4.69) is 10.3 Å². The van der Waals surface area contributed by atoms with Crippen molar-refractivity contribution >= 4 is 5.69 Å². The van der Waals surface area contributed by atoms with E-state index in [1.807, 2.05) is 31.2 Å². The van der Waals surface area contributed by atoms with Gasteiger partial charge in [0.15, 0.2) is 12.2 Å². The molecule has 3 nitrogen and oxygen atoms in total. The Balaban J connectivity index is 1.76. The number of hydrogen-bond acceptors (Lipinski definition) is 3. The van der Waals surface area contributed by atoms with Gasteiger partial charge in [0.1, 0.15) is 5.82 Å². The minimum absolute atomic E-state index is 0.215. The number of rotatable bonds is 4. The van der Waals surface area contributed by atoms with E-state index in [0.717, 1.165) is 28.1 Å². The second kappa shape index (κ2) is 5.79. The van der Waals surface area contributed by atoms with Crippen molar-refractivity contribution in [2.45, 2.75) is 13.5 Å². The van der Waals surface area contributed by atoms with E-state index in [4.69, 9.17) is 4.42 Å². The smallest absolute Gasteiger partial charge is 0.181 e. The number of oxazole rings is 1. The molecule has 1 aromatic heterocycles. The summed E-state index contributed by atoms with van der Waals surface area (Å²) in [7, 11) is 0. The third-order valence-corrected chi connectivity index (χ3v) is 3.37. The highest BCUT2D eigenvalue weighted by Crippen LogP contribution is 2.22. The van der Waals surface area contributed by atoms with Gasteiger partial charge in [-0.15, -0.1) is 0 Å². The zero-order valence-corrected chi connectivity index (χ0v) is 11.6. The van der Waals surface area contributed by atoms with Crippen LogP contribution in [0, 0.1) is 12.7 Å². The summed E-state index contributed by atoms with van der Waals surface area (Å²) in [6.45, 7) is 2.55. The van der Waals surface area contributed by atoms with Crippen LogP contribution in [-0.4, -0.2) is 4.98 Å². The molecule has 0 saturated carbocycles. The Morgan fingerprint density at radius 3 is 2.90 bits per heavy atom. The van der Waals surface area contributed by atoms with Crippen molar-refractivity contribution in [2.24, 2.45) is 0 Å². The van der Waals surface area contributed by atoms with Crippen LogP contribution in [0.15, 0.2) is 59.5 Å². The average Bonchev–Trinajstić information content (AvgIpc) is 3.03. The highest BCUT2D eigenvalue weighted by Gasteiger charge is 2.04. The Bertz CT molecular complexity index is 738. The predicted molar refractivity (Wildman–Crippen MR) is 80.4 cm³/mol. The minimum Gasteiger partial charge on any atom is -0.444 e. The first kappa shape index (κ1) is 13.4. The number of hydrogen-bond donors (Lipinski definition) is 1. The largest absolute Gasteiger partial charge is 0.444 e. The quantitative estimate of drug-likeness (QED) is 0.770. The van der Waals surface area contributed by atoms with E-state index in [-0.39, 0.29) is 5.82 Å². The molecule has 0 aliphatic rings. The van der Waals surface area contributed by atoms with Crippen molar-refractivity contribution < 1.29 is 8.81 Å². The summed E-state index contributed by atoms with van der Waals surface area (Å²) in [4.78, 5) is 3.91. The van der Waals surface area contributed by atoms with Crippen LogP contribution in [0.1, 0.15) is 11.1 Å². The van der Waals surface area contributed by atoms with Crippen molar-refractivity contribution in [3.8, 4) is 11.3 Å². The van der Waals surface area contributed by atoms with Crippen LogP contribution in [0.4, 0.5) is 10.1 Å². The molecule has 0 aliphatic carbocycles. The fraction of sp³-hybridized carbons (Fsp3) is 0.118. The van der Waals surface area contributed by atoms with E-state index in [1.54, 1.807) is 18.3 Å². The van der Waals surface area contributed by atoms with Crippen molar-refractivity contribution in [1.29, 1.82) is 0 Å². The Morgan fingerprint density at radius 2 is 2.10 bits per heavy atom. The molecular formula is C17H15FN2O. The lowest BCUT2D eigenvalue weighted by molar-refractivity contribution is 0.572. The SMILES string of the molecule is Cc1ccc(F)cc1CNc1cccc(-c2cnco2)c1. The maximum Gasteiger partial charge on any atom is 0.181 e. The van der Waals surface area contributed by atoms with Gasteiger partial charge in [-0.05, 0) is 42.3 Å². The number of aryl methyl sites for hydroxylation is 1. The summed E-state index contributed by atoms with van der Waals surface area (Å²) < 4.78 is 18.6. The van der Waals surface area contributed by atoms with Gasteiger partial charge in [0.05, 0.1) is 6.20 Å². The van der Waals surface area contributed by atoms with Crippen LogP contribution in [0.3, 0.4) is 0 Å². The van der Waals surface area contributed by atoms with E-state index in [9.17, 15) is 4.39 Å². The van der Waals surface area contributed by atoms with Gasteiger partial charge in [0.25, 0.3) is 0 Å². The average molecular weight is 282 g/mol. The van der Waals surface area contributed by atoms with Crippen LogP contribution >= 0.6 is 0 Å². The Hall–Kier alpha value is -2.62. The fourth-order valence-corrected chi connectivity index (χ4v) is 2.17. The molecule has 0 amide bonds. The molecule has 4 heteroatoms. The predicted octanol–water partition coefficient (Wildman–Crippen LogP) is 4.40. The second-order valence-electron chi connectivity index (χ2n) is 4.87. The zero-order valence-electron chi connectivity index (χ0n) is 11.6. The molecule has 0 fully saturated rings. The van der Waals surface area contributed by atoms with Crippen molar-refractivity contribution in [3.63, 3.8) is 0 Å². The lowest BCUT2D eigenvalue weighted by Crippen LogP contribution is -2.01. The van der Waals surface area contributed by atoms with Crippen LogP contribution in [-0.2, 0) is 6.54 Å². The third kappa shape index (κ3) is 3.11. The molecule has 106 valence electrons. The van der Waals surface area contributed by atoms with Gasteiger partial charge >= 0.3 is 0 Å². The monoisotopic (exact) mass is 282 g/mol. The normalized spacial score (nSPS) is 10.6. The van der Waals surface area contributed by atoms with Crippen molar-refractivity contribution in [1.82, 2.24) is 4.98 Å². The molecular weight excluding hydrogens is 267 g/mol. The van der Waals surface area contributed by atoms with Crippen LogP contribution in [0.5, 0.6) is 0 Å². The molecule has 0 spiro atoms. The highest BCUT2D eigenvalue weighted by molar-refractivity contribution is 5.63. The first-order valence-corrected chi connectivity index (χ1v) is 6.70. The summed E-state index contributed by atoms with van der Waals surface area (Å²) >= 11 is 0. The van der Waals surface area contributed by atoms with Gasteiger partial charge in [-0.3, -0.25) is 0 Å². The molecule has 0 unspecified atom stereocenters. The minimum atomic E-state index is -0.215. The number of nitrogens with zero attached hydrogens (tertiary/aromatic N) is 1. The van der Waals surface area contributed by atoms with Gasteiger partial charge in [-0.25, -0.2) is 9.37 Å². The Labute approximate surface area is 122 Å². The van der Waals surface area contributed by atoms with E-state index in [0.29, 0.717) is 6.54 Å². The molecule has 0 radical (unpaired) electrons. The maximum absolute atomic E-state index is 13.3. The lowest BCUT2D eigenvalue weighted by atomic mass is 10.1. The Kier molecular flexibility index (Phi) is 3.69. The fourth-order valence-electron chi connectivity index (χ4n) is 2.17. The molecule has 0 saturated heterocycles. The molecule has 0 atom stereocenters. The topological polar surface area (TPSA) is 38.1 Å². The summed E-state index contributed by atoms with van der Waals surface area (Å²) in [5, 5.41) is 3.30. The van der Waals surface area contributed by atoms with Crippen LogP contribution < -0.4 is 5.32 Å². The van der Waals surface area contributed by atoms with Gasteiger partial charge < -0.3 is 9.73 Å². The van der Waals surface area contributed by atoms with Gasteiger partial charge in [-0.2, -0.15) is 0 Å². The maximum atomic E-state index is 13.3. The molecule has 3 aromatic rings. The number of halogens is 1. The summed E-state index contributed by atoms with van der Waals surface area (Å²) in [5.74, 6) is 0.508. The van der Waals surface area contributed by atoms with Gasteiger partial charge in [-0.1, -0.05) is 18.2 Å². The van der Waals surface area contributed by atoms with Crippen molar-refractivity contribution in [2.75, 3.05) is 5.32 Å². The molecule has 2 aromatic carbocycles. The van der Waals surface area contributed by atoms with Crippen LogP contribution in [0.25, 0.3) is 11.3 Å². The summed E-state index contributed by atoms with van der Waals surface area (Å²) in [5.41, 5.74) is 3.91. The first-order chi connectivity index (χ1) is 10.2. The molecule has 1 heterocycles. The molecule has 0 bridgehead atoms. The number of nitrogens with one attached hydrogen (secondary N) is 1.